The highest BCUT2D eigenvalue weighted by Gasteiger charge is 2.23. The van der Waals surface area contributed by atoms with Crippen molar-refractivity contribution in [1.29, 1.82) is 0 Å². The Labute approximate surface area is 218 Å². The molecule has 0 saturated heterocycles. The Morgan fingerprint density at radius 2 is 1.00 bits per heavy atom. The van der Waals surface area contributed by atoms with Gasteiger partial charge in [0, 0.05) is 22.1 Å². The average molecular weight is 503 g/mol. The van der Waals surface area contributed by atoms with E-state index in [9.17, 15) is 0 Å². The largest absolute Gasteiger partial charge is 0.355 e. The van der Waals surface area contributed by atoms with Crippen LogP contribution in [0, 0.1) is 0 Å². The molecule has 0 unspecified atom stereocenters. The standard InChI is InChI=1S/C30H28N8/c1-35-13-14-36(2)29(35)27-23-9-5-19(31-23)17-21-7-11-25(33-21)28(30-37(3)15-16-38(30)4)26-12-8-22(34-26)18-20-6-10-24(27)32-20/h5-18H,1-4H3,(H2,31,32,33,34)/p+2. The van der Waals surface area contributed by atoms with Gasteiger partial charge < -0.3 is 19.9 Å². The maximum absolute atomic E-state index is 3.65. The Balaban J connectivity index is 1.56. The lowest BCUT2D eigenvalue weighted by molar-refractivity contribution is -0.673. The van der Waals surface area contributed by atoms with E-state index >= 15 is 0 Å². The third-order valence-corrected chi connectivity index (χ3v) is 7.34. The van der Waals surface area contributed by atoms with Crippen LogP contribution in [-0.2, 0) is 28.2 Å². The molecular formula is C30H30N8+2. The Kier molecular flexibility index (Phi) is 4.84. The number of hydrogen-bond acceptors (Lipinski definition) is 0. The molecule has 6 aromatic heterocycles. The van der Waals surface area contributed by atoms with Crippen molar-refractivity contribution < 1.29 is 9.13 Å². The van der Waals surface area contributed by atoms with Crippen molar-refractivity contribution in [3.8, 4) is 0 Å². The number of aromatic nitrogens is 8. The summed E-state index contributed by atoms with van der Waals surface area (Å²) in [5, 5.41) is 4.15. The number of imidazole rings is 2. The molecule has 4 N–H and O–H groups in total. The van der Waals surface area contributed by atoms with Crippen LogP contribution in [0.15, 0.2) is 73.3 Å². The van der Waals surface area contributed by atoms with Crippen molar-refractivity contribution in [3.63, 3.8) is 0 Å². The second-order valence-corrected chi connectivity index (χ2v) is 10.0. The van der Waals surface area contributed by atoms with Crippen molar-refractivity contribution in [3.05, 3.63) is 129 Å². The normalized spacial score (nSPS) is 13.1. The van der Waals surface area contributed by atoms with Gasteiger partial charge in [-0.05, 0) is 60.7 Å². The van der Waals surface area contributed by atoms with Gasteiger partial charge in [-0.1, -0.05) is 0 Å². The lowest BCUT2D eigenvalue weighted by Crippen LogP contribution is -2.34. The Morgan fingerprint density at radius 3 is 1.39 bits per heavy atom. The highest BCUT2D eigenvalue weighted by atomic mass is 15.1. The number of aryl methyl sites for hydroxylation is 4. The fourth-order valence-corrected chi connectivity index (χ4v) is 5.56. The van der Waals surface area contributed by atoms with E-state index in [1.807, 2.05) is 0 Å². The first kappa shape index (κ1) is 22.2. The first-order valence-electron chi connectivity index (χ1n) is 12.7. The predicted molar refractivity (Wildman–Crippen MR) is 145 cm³/mol. The van der Waals surface area contributed by atoms with Crippen molar-refractivity contribution in [2.75, 3.05) is 0 Å². The number of aromatic amines is 4. The molecule has 0 fully saturated rings. The minimum atomic E-state index is 1.03. The topological polar surface area (TPSA) is 80.8 Å². The Bertz CT molecular complexity index is 1890. The summed E-state index contributed by atoms with van der Waals surface area (Å²) in [6.07, 6.45) is 12.6. The maximum atomic E-state index is 3.65. The molecule has 7 rings (SSSR count). The lowest BCUT2D eigenvalue weighted by atomic mass is 10.1. The van der Waals surface area contributed by atoms with Crippen LogP contribution in [0.25, 0.3) is 23.3 Å². The third kappa shape index (κ3) is 3.53. The van der Waals surface area contributed by atoms with Gasteiger partial charge in [0.05, 0.1) is 50.3 Å². The van der Waals surface area contributed by atoms with Gasteiger partial charge in [0.15, 0.2) is 0 Å². The molecule has 7 heterocycles. The summed E-state index contributed by atoms with van der Waals surface area (Å²) >= 11 is 0. The van der Waals surface area contributed by atoms with E-state index in [-0.39, 0.29) is 0 Å². The molecule has 8 nitrogen and oxygen atoms in total. The number of hydrogen-bond donors (Lipinski definition) is 4. The number of fused-ring (bicyclic) bond motifs is 8. The molecule has 0 amide bonds. The average Bonchev–Trinajstić information content (AvgIpc) is 3.73. The van der Waals surface area contributed by atoms with E-state index < -0.39 is 0 Å². The van der Waals surface area contributed by atoms with Gasteiger partial charge in [0.1, 0.15) is 35.9 Å². The number of H-pyrrole nitrogens is 4. The number of nitrogens with zero attached hydrogens (tertiary/aromatic N) is 4. The SMILES string of the molecule is Cn1cc[n+](C)c1C1=c2ccc([nH]2)=Cc2ccc([nH]2)C(c2n(C)cc[n+]2C)=c2ccc([nH]2)=Cc2ccc1[nH]2. The Hall–Kier alpha value is -4.98. The van der Waals surface area contributed by atoms with Crippen LogP contribution in [0.4, 0.5) is 0 Å². The molecule has 1 aliphatic rings. The molecule has 38 heavy (non-hydrogen) atoms. The van der Waals surface area contributed by atoms with Crippen LogP contribution in [0.2, 0.25) is 0 Å². The van der Waals surface area contributed by atoms with Crippen LogP contribution in [0.3, 0.4) is 0 Å². The highest BCUT2D eigenvalue weighted by molar-refractivity contribution is 5.74. The molecule has 8 bridgehead atoms. The molecule has 0 atom stereocenters. The van der Waals surface area contributed by atoms with E-state index in [4.69, 9.17) is 0 Å². The molecular weight excluding hydrogens is 472 g/mol. The smallest absolute Gasteiger partial charge is 0.292 e. The van der Waals surface area contributed by atoms with Crippen LogP contribution >= 0.6 is 0 Å². The van der Waals surface area contributed by atoms with E-state index in [2.05, 4.69) is 152 Å². The first-order valence-corrected chi connectivity index (χ1v) is 12.7. The van der Waals surface area contributed by atoms with Crippen molar-refractivity contribution in [1.82, 2.24) is 29.1 Å². The van der Waals surface area contributed by atoms with E-state index in [1.54, 1.807) is 0 Å². The van der Waals surface area contributed by atoms with Crippen LogP contribution < -0.4 is 30.5 Å². The fourth-order valence-electron chi connectivity index (χ4n) is 5.56. The van der Waals surface area contributed by atoms with Gasteiger partial charge in [0.2, 0.25) is 0 Å². The van der Waals surface area contributed by atoms with Crippen molar-refractivity contribution in [2.24, 2.45) is 28.2 Å². The Morgan fingerprint density at radius 1 is 0.553 bits per heavy atom. The maximum Gasteiger partial charge on any atom is 0.292 e. The third-order valence-electron chi connectivity index (χ3n) is 7.34. The quantitative estimate of drug-likeness (QED) is 0.236. The van der Waals surface area contributed by atoms with E-state index in [0.29, 0.717) is 0 Å². The molecule has 8 heteroatoms. The lowest BCUT2D eigenvalue weighted by Gasteiger charge is -2.03. The summed E-state index contributed by atoms with van der Waals surface area (Å²) in [5.41, 5.74) is 6.37. The summed E-state index contributed by atoms with van der Waals surface area (Å²) < 4.78 is 8.60. The van der Waals surface area contributed by atoms with Gasteiger partial charge >= 0.3 is 0 Å². The second kappa shape index (κ2) is 8.27. The molecule has 188 valence electrons. The molecule has 0 spiro atoms. The van der Waals surface area contributed by atoms with Gasteiger partial charge in [0.25, 0.3) is 11.6 Å². The van der Waals surface area contributed by atoms with Crippen LogP contribution in [0.5, 0.6) is 0 Å². The number of rotatable bonds is 2. The zero-order valence-electron chi connectivity index (χ0n) is 21.9. The summed E-state index contributed by atoms with van der Waals surface area (Å²) in [6.45, 7) is 0. The molecule has 6 aromatic rings. The van der Waals surface area contributed by atoms with Crippen LogP contribution in [0.1, 0.15) is 34.4 Å². The fraction of sp³-hybridized carbons (Fsp3) is 0.133. The van der Waals surface area contributed by atoms with E-state index in [0.717, 1.165) is 67.0 Å². The van der Waals surface area contributed by atoms with E-state index in [1.165, 1.54) is 0 Å². The van der Waals surface area contributed by atoms with Gasteiger partial charge in [-0.25, -0.2) is 18.3 Å². The first-order chi connectivity index (χ1) is 18.4. The molecule has 0 radical (unpaired) electrons. The summed E-state index contributed by atoms with van der Waals surface area (Å²) in [4.78, 5) is 14.6. The van der Waals surface area contributed by atoms with Crippen LogP contribution in [-0.4, -0.2) is 29.1 Å². The summed E-state index contributed by atoms with van der Waals surface area (Å²) in [7, 11) is 8.31. The minimum absolute atomic E-state index is 1.03. The monoisotopic (exact) mass is 502 g/mol. The number of nitrogens with one attached hydrogen (secondary N) is 4. The van der Waals surface area contributed by atoms with Crippen molar-refractivity contribution >= 4 is 23.3 Å². The molecule has 0 saturated carbocycles. The zero-order chi connectivity index (χ0) is 26.0. The predicted octanol–water partition coefficient (Wildman–Crippen LogP) is -0.209. The van der Waals surface area contributed by atoms with Gasteiger partial charge in [-0.3, -0.25) is 0 Å². The van der Waals surface area contributed by atoms with Gasteiger partial charge in [-0.2, -0.15) is 0 Å². The van der Waals surface area contributed by atoms with Crippen molar-refractivity contribution in [2.45, 2.75) is 0 Å². The molecule has 0 aliphatic carbocycles. The van der Waals surface area contributed by atoms with Gasteiger partial charge in [-0.15, -0.1) is 0 Å². The second-order valence-electron chi connectivity index (χ2n) is 10.0. The molecule has 0 aromatic carbocycles. The highest BCUT2D eigenvalue weighted by Crippen LogP contribution is 2.19. The summed E-state index contributed by atoms with van der Waals surface area (Å²) in [6, 6.07) is 17.1. The summed E-state index contributed by atoms with van der Waals surface area (Å²) in [5.74, 6) is 2.21. The minimum Gasteiger partial charge on any atom is -0.355 e. The molecule has 1 aliphatic heterocycles. The zero-order valence-corrected chi connectivity index (χ0v) is 21.9.